The van der Waals surface area contributed by atoms with Gasteiger partial charge in [0.1, 0.15) is 11.2 Å². The lowest BCUT2D eigenvalue weighted by molar-refractivity contribution is -0.140. The van der Waals surface area contributed by atoms with E-state index in [9.17, 15) is 22.4 Å². The molecule has 1 aliphatic heterocycles. The molecular weight excluding hydrogens is 464 g/mol. The van der Waals surface area contributed by atoms with Gasteiger partial charge in [-0.1, -0.05) is 11.6 Å². The van der Waals surface area contributed by atoms with Crippen molar-refractivity contribution < 1.29 is 22.4 Å². The zero-order chi connectivity index (χ0) is 23.4. The minimum atomic E-state index is -4.64. The van der Waals surface area contributed by atoms with Crippen LogP contribution in [0.25, 0.3) is 10.9 Å². The van der Waals surface area contributed by atoms with Crippen molar-refractivity contribution in [1.29, 1.82) is 0 Å². The van der Waals surface area contributed by atoms with Gasteiger partial charge in [-0.25, -0.2) is 14.2 Å². The fourth-order valence-corrected chi connectivity index (χ4v) is 4.12. The van der Waals surface area contributed by atoms with E-state index in [0.717, 1.165) is 25.1 Å². The maximum atomic E-state index is 13.7. The van der Waals surface area contributed by atoms with E-state index in [1.807, 2.05) is 0 Å². The Labute approximate surface area is 190 Å². The summed E-state index contributed by atoms with van der Waals surface area (Å²) in [5.41, 5.74) is -1.56. The summed E-state index contributed by atoms with van der Waals surface area (Å²) >= 11 is 6.06. The fraction of sp³-hybridized carbons (Fsp3) is 0.381. The van der Waals surface area contributed by atoms with E-state index in [1.165, 1.54) is 29.1 Å². The molecule has 0 spiro atoms. The van der Waals surface area contributed by atoms with Crippen LogP contribution in [0, 0.1) is 5.82 Å². The Balaban J connectivity index is 1.44. The number of urea groups is 1. The second kappa shape index (κ2) is 7.75. The van der Waals surface area contributed by atoms with Gasteiger partial charge in [0.05, 0.1) is 31.0 Å². The number of hydrogen-bond donors (Lipinski definition) is 2. The highest BCUT2D eigenvalue weighted by Crippen LogP contribution is 2.36. The van der Waals surface area contributed by atoms with Gasteiger partial charge in [-0.05, 0) is 37.1 Å². The molecule has 0 unspecified atom stereocenters. The van der Waals surface area contributed by atoms with Gasteiger partial charge >= 0.3 is 12.2 Å². The first-order chi connectivity index (χ1) is 15.6. The Hall–Kier alpha value is -3.08. The van der Waals surface area contributed by atoms with E-state index in [0.29, 0.717) is 10.4 Å². The maximum Gasteiger partial charge on any atom is 0.433 e. The average molecular weight is 483 g/mol. The first kappa shape index (κ1) is 21.7. The van der Waals surface area contributed by atoms with Gasteiger partial charge in [-0.2, -0.15) is 18.3 Å². The normalized spacial score (nSPS) is 17.7. The molecule has 2 aliphatic rings. The summed E-state index contributed by atoms with van der Waals surface area (Å²) in [7, 11) is 0. The molecule has 2 amide bonds. The molecule has 2 N–H and O–H groups in total. The predicted octanol–water partition coefficient (Wildman–Crippen LogP) is 4.24. The van der Waals surface area contributed by atoms with Crippen LogP contribution >= 0.6 is 11.6 Å². The molecule has 5 rings (SSSR count). The summed E-state index contributed by atoms with van der Waals surface area (Å²) in [6.45, 7) is 0.537. The molecule has 12 heteroatoms. The molecule has 1 saturated heterocycles. The SMILES string of the molecule is O=C(NC1CC1)N1CC(CNc2cc(C(F)(F)F)nc3ccc(Cl)cc23)(n2cc(F)cn2)C1. The number of hydrogen-bond acceptors (Lipinski definition) is 4. The number of pyridine rings is 1. The molecule has 0 bridgehead atoms. The first-order valence-corrected chi connectivity index (χ1v) is 10.7. The number of fused-ring (bicyclic) bond motifs is 1. The zero-order valence-corrected chi connectivity index (χ0v) is 17.9. The number of likely N-dealkylation sites (tertiary alicyclic amines) is 1. The lowest BCUT2D eigenvalue weighted by Gasteiger charge is -2.50. The summed E-state index contributed by atoms with van der Waals surface area (Å²) in [5.74, 6) is -0.546. The minimum absolute atomic E-state index is 0.101. The molecule has 1 aliphatic carbocycles. The van der Waals surface area contributed by atoms with Crippen LogP contribution in [0.2, 0.25) is 5.02 Å². The summed E-state index contributed by atoms with van der Waals surface area (Å²) in [4.78, 5) is 17.7. The molecule has 1 aromatic carbocycles. The zero-order valence-electron chi connectivity index (χ0n) is 17.2. The standard InChI is InChI=1S/C21H19ClF4N6O/c22-12-1-4-16-15(5-12)17(6-18(30-16)21(24,25)26)27-9-20(32-8-13(23)7-28-32)10-31(11-20)19(33)29-14-2-3-14/h1,4-8,14H,2-3,9-11H2,(H,27,30)(H,29,33). The van der Waals surface area contributed by atoms with Crippen LogP contribution in [-0.2, 0) is 11.7 Å². The molecule has 1 saturated carbocycles. The summed E-state index contributed by atoms with van der Waals surface area (Å²) in [5, 5.41) is 10.8. The van der Waals surface area contributed by atoms with Crippen molar-refractivity contribution in [2.45, 2.75) is 30.6 Å². The predicted molar refractivity (Wildman–Crippen MR) is 114 cm³/mol. The number of benzene rings is 1. The van der Waals surface area contributed by atoms with Gasteiger partial charge in [0.2, 0.25) is 0 Å². The van der Waals surface area contributed by atoms with Crippen LogP contribution in [0.4, 0.5) is 28.0 Å². The number of anilines is 1. The van der Waals surface area contributed by atoms with E-state index in [-0.39, 0.29) is 42.9 Å². The largest absolute Gasteiger partial charge is 0.433 e. The van der Waals surface area contributed by atoms with Gasteiger partial charge in [-0.3, -0.25) is 4.68 Å². The molecule has 7 nitrogen and oxygen atoms in total. The Kier molecular flexibility index (Phi) is 5.11. The van der Waals surface area contributed by atoms with Crippen molar-refractivity contribution in [3.05, 3.63) is 53.2 Å². The van der Waals surface area contributed by atoms with Crippen molar-refractivity contribution in [1.82, 2.24) is 25.0 Å². The topological polar surface area (TPSA) is 75.1 Å². The number of carbonyl (C=O) groups excluding carboxylic acids is 1. The van der Waals surface area contributed by atoms with E-state index in [2.05, 4.69) is 20.7 Å². The van der Waals surface area contributed by atoms with Crippen LogP contribution in [0.1, 0.15) is 18.5 Å². The molecule has 2 fully saturated rings. The molecule has 0 atom stereocenters. The number of aromatic nitrogens is 3. The highest BCUT2D eigenvalue weighted by Gasteiger charge is 2.48. The van der Waals surface area contributed by atoms with Gasteiger partial charge in [0.25, 0.3) is 0 Å². The van der Waals surface area contributed by atoms with Gasteiger partial charge < -0.3 is 15.5 Å². The number of rotatable bonds is 5. The van der Waals surface area contributed by atoms with E-state index >= 15 is 0 Å². The van der Waals surface area contributed by atoms with Crippen LogP contribution in [0.15, 0.2) is 36.7 Å². The van der Waals surface area contributed by atoms with Crippen LogP contribution < -0.4 is 10.6 Å². The summed E-state index contributed by atoms with van der Waals surface area (Å²) in [6.07, 6.45) is -0.495. The number of nitrogens with zero attached hydrogens (tertiary/aromatic N) is 4. The van der Waals surface area contributed by atoms with Gasteiger partial charge in [0.15, 0.2) is 5.82 Å². The number of amides is 2. The Morgan fingerprint density at radius 3 is 2.64 bits per heavy atom. The van der Waals surface area contributed by atoms with E-state index in [4.69, 9.17) is 11.6 Å². The molecule has 3 heterocycles. The summed E-state index contributed by atoms with van der Waals surface area (Å²) in [6, 6.07) is 5.30. The number of nitrogens with one attached hydrogen (secondary N) is 2. The first-order valence-electron chi connectivity index (χ1n) is 10.3. The van der Waals surface area contributed by atoms with Crippen molar-refractivity contribution in [3.8, 4) is 0 Å². The highest BCUT2D eigenvalue weighted by molar-refractivity contribution is 6.31. The number of halogens is 5. The average Bonchev–Trinajstić information content (AvgIpc) is 3.43. The van der Waals surface area contributed by atoms with Crippen molar-refractivity contribution in [2.75, 3.05) is 25.0 Å². The van der Waals surface area contributed by atoms with E-state index < -0.39 is 23.2 Å². The second-order valence-electron chi connectivity index (χ2n) is 8.48. The van der Waals surface area contributed by atoms with Crippen LogP contribution in [-0.4, -0.2) is 51.4 Å². The lowest BCUT2D eigenvalue weighted by atomic mass is 9.89. The molecular formula is C21H19ClF4N6O. The quantitative estimate of drug-likeness (QED) is 0.533. The highest BCUT2D eigenvalue weighted by atomic mass is 35.5. The summed E-state index contributed by atoms with van der Waals surface area (Å²) < 4.78 is 55.4. The van der Waals surface area contributed by atoms with Gasteiger partial charge in [-0.15, -0.1) is 0 Å². The minimum Gasteiger partial charge on any atom is -0.382 e. The van der Waals surface area contributed by atoms with Crippen LogP contribution in [0.5, 0.6) is 0 Å². The molecule has 33 heavy (non-hydrogen) atoms. The second-order valence-corrected chi connectivity index (χ2v) is 8.91. The monoisotopic (exact) mass is 482 g/mol. The van der Waals surface area contributed by atoms with Crippen molar-refractivity contribution in [3.63, 3.8) is 0 Å². The molecule has 0 radical (unpaired) electrons. The lowest BCUT2D eigenvalue weighted by Crippen LogP contribution is -2.68. The third-order valence-electron chi connectivity index (χ3n) is 5.87. The smallest absolute Gasteiger partial charge is 0.382 e. The molecule has 2 aromatic heterocycles. The van der Waals surface area contributed by atoms with E-state index in [1.54, 1.807) is 4.90 Å². The third-order valence-corrected chi connectivity index (χ3v) is 6.10. The Bertz CT molecular complexity index is 1220. The van der Waals surface area contributed by atoms with Crippen LogP contribution in [0.3, 0.4) is 0 Å². The van der Waals surface area contributed by atoms with Crippen molar-refractivity contribution >= 4 is 34.2 Å². The van der Waals surface area contributed by atoms with Gasteiger partial charge in [0, 0.05) is 28.7 Å². The fourth-order valence-electron chi connectivity index (χ4n) is 3.95. The molecule has 3 aromatic rings. The third kappa shape index (κ3) is 4.29. The number of alkyl halides is 3. The Morgan fingerprint density at radius 2 is 2.00 bits per heavy atom. The number of carbonyl (C=O) groups is 1. The maximum absolute atomic E-state index is 13.7. The molecule has 174 valence electrons. The Morgan fingerprint density at radius 1 is 1.24 bits per heavy atom. The van der Waals surface area contributed by atoms with Crippen molar-refractivity contribution in [2.24, 2.45) is 0 Å².